The van der Waals surface area contributed by atoms with Gasteiger partial charge >= 0.3 is 0 Å². The molecule has 0 fully saturated rings. The van der Waals surface area contributed by atoms with E-state index in [1.54, 1.807) is 24.3 Å². The zero-order valence-electron chi connectivity index (χ0n) is 19.4. The predicted octanol–water partition coefficient (Wildman–Crippen LogP) is 5.25. The molecule has 4 aromatic rings. The van der Waals surface area contributed by atoms with Crippen molar-refractivity contribution in [3.05, 3.63) is 76.3 Å². The molecule has 4 N–H and O–H groups in total. The number of nitrogens with two attached hydrogens (primary N) is 1. The summed E-state index contributed by atoms with van der Waals surface area (Å²) in [5, 5.41) is 35.2. The molecule has 0 amide bonds. The molecule has 2 aromatic carbocycles. The number of aromatic nitrogens is 2. The van der Waals surface area contributed by atoms with Crippen molar-refractivity contribution in [2.75, 3.05) is 24.3 Å². The number of aliphatic hydroxyl groups excluding tert-OH is 1. The summed E-state index contributed by atoms with van der Waals surface area (Å²) in [6.07, 6.45) is 0. The van der Waals surface area contributed by atoms with Crippen molar-refractivity contribution in [2.45, 2.75) is 17.7 Å². The number of thiazole rings is 1. The van der Waals surface area contributed by atoms with Crippen molar-refractivity contribution < 1.29 is 9.84 Å². The SMILES string of the molecule is Cc1ccccc1Nc1nc(CSc2nc(N)c(C#N)c(-c3ccc(OCCO)cc3)c2C#N)cs1. The first-order valence-corrected chi connectivity index (χ1v) is 12.8. The lowest BCUT2D eigenvalue weighted by atomic mass is 9.97. The number of nitriles is 2. The Bertz CT molecular complexity index is 1460. The van der Waals surface area contributed by atoms with Crippen molar-refractivity contribution in [2.24, 2.45) is 0 Å². The Balaban J connectivity index is 1.59. The number of rotatable bonds is 9. The largest absolute Gasteiger partial charge is 0.491 e. The van der Waals surface area contributed by atoms with Crippen LogP contribution >= 0.6 is 23.1 Å². The van der Waals surface area contributed by atoms with Crippen molar-refractivity contribution in [3.63, 3.8) is 0 Å². The van der Waals surface area contributed by atoms with E-state index in [4.69, 9.17) is 15.6 Å². The van der Waals surface area contributed by atoms with Crippen LogP contribution in [-0.2, 0) is 5.75 Å². The minimum Gasteiger partial charge on any atom is -0.491 e. The molecule has 36 heavy (non-hydrogen) atoms. The lowest BCUT2D eigenvalue weighted by Crippen LogP contribution is -2.04. The number of nitrogens with one attached hydrogen (secondary N) is 1. The fourth-order valence-corrected chi connectivity index (χ4v) is 5.19. The number of aryl methyl sites for hydroxylation is 1. The molecule has 0 atom stereocenters. The second-order valence-electron chi connectivity index (χ2n) is 7.62. The predicted molar refractivity (Wildman–Crippen MR) is 142 cm³/mol. The van der Waals surface area contributed by atoms with Crippen LogP contribution in [0.5, 0.6) is 5.75 Å². The van der Waals surface area contributed by atoms with Gasteiger partial charge < -0.3 is 20.9 Å². The van der Waals surface area contributed by atoms with Gasteiger partial charge in [0.25, 0.3) is 0 Å². The summed E-state index contributed by atoms with van der Waals surface area (Å²) < 4.78 is 5.41. The number of thioether (sulfide) groups is 1. The Labute approximate surface area is 217 Å². The fourth-order valence-electron chi connectivity index (χ4n) is 3.47. The summed E-state index contributed by atoms with van der Waals surface area (Å²) in [5.41, 5.74) is 10.6. The van der Waals surface area contributed by atoms with Crippen LogP contribution in [0.15, 0.2) is 58.9 Å². The number of anilines is 3. The number of nitrogens with zero attached hydrogens (tertiary/aromatic N) is 4. The number of benzene rings is 2. The van der Waals surface area contributed by atoms with Gasteiger partial charge in [0.05, 0.1) is 17.9 Å². The second kappa shape index (κ2) is 11.6. The van der Waals surface area contributed by atoms with Gasteiger partial charge in [-0.1, -0.05) is 42.1 Å². The lowest BCUT2D eigenvalue weighted by Gasteiger charge is -2.13. The van der Waals surface area contributed by atoms with Crippen LogP contribution in [0.1, 0.15) is 22.4 Å². The first-order chi connectivity index (χ1) is 17.5. The topological polar surface area (TPSA) is 141 Å². The van der Waals surface area contributed by atoms with E-state index in [9.17, 15) is 10.5 Å². The highest BCUT2D eigenvalue weighted by Gasteiger charge is 2.21. The maximum Gasteiger partial charge on any atom is 0.187 e. The van der Waals surface area contributed by atoms with Gasteiger partial charge in [-0.2, -0.15) is 10.5 Å². The van der Waals surface area contributed by atoms with Gasteiger partial charge in [0.2, 0.25) is 0 Å². The zero-order chi connectivity index (χ0) is 25.5. The molecule has 4 rings (SSSR count). The van der Waals surface area contributed by atoms with Crippen LogP contribution < -0.4 is 15.8 Å². The van der Waals surface area contributed by atoms with Crippen LogP contribution in [0, 0.1) is 29.6 Å². The highest BCUT2D eigenvalue weighted by Crippen LogP contribution is 2.37. The number of nitrogen functional groups attached to an aromatic ring is 1. The van der Waals surface area contributed by atoms with Gasteiger partial charge in [0.1, 0.15) is 40.9 Å². The van der Waals surface area contributed by atoms with E-state index >= 15 is 0 Å². The smallest absolute Gasteiger partial charge is 0.187 e. The van der Waals surface area contributed by atoms with Crippen LogP contribution in [0.2, 0.25) is 0 Å². The van der Waals surface area contributed by atoms with Gasteiger partial charge in [-0.15, -0.1) is 11.3 Å². The van der Waals surface area contributed by atoms with Crippen molar-refractivity contribution >= 4 is 39.7 Å². The molecule has 8 nitrogen and oxygen atoms in total. The Hall–Kier alpha value is -4.09. The molecule has 0 aliphatic rings. The standard InChI is InChI=1S/C26H22N6O2S2/c1-16-4-2-3-5-22(16)31-26-30-18(15-36-26)14-35-25-21(13-28)23(20(12-27)24(29)32-25)17-6-8-19(9-7-17)34-11-10-33/h2-9,15,33H,10-11,14H2,1H3,(H2,29,32)(H,30,31). The molecule has 0 aliphatic carbocycles. The molecule has 0 radical (unpaired) electrons. The molecule has 2 heterocycles. The zero-order valence-corrected chi connectivity index (χ0v) is 21.0. The Kier molecular flexibility index (Phi) is 8.03. The Morgan fingerprint density at radius 3 is 2.53 bits per heavy atom. The summed E-state index contributed by atoms with van der Waals surface area (Å²) in [6, 6.07) is 19.2. The van der Waals surface area contributed by atoms with E-state index in [0.717, 1.165) is 22.1 Å². The first kappa shape index (κ1) is 25.0. The van der Waals surface area contributed by atoms with Gasteiger partial charge in [0, 0.05) is 22.4 Å². The molecule has 0 bridgehead atoms. The summed E-state index contributed by atoms with van der Waals surface area (Å²) >= 11 is 2.84. The first-order valence-electron chi connectivity index (χ1n) is 10.9. The van der Waals surface area contributed by atoms with Crippen LogP contribution in [-0.4, -0.2) is 28.3 Å². The third-order valence-electron chi connectivity index (χ3n) is 5.21. The minimum atomic E-state index is -0.0944. The average Bonchev–Trinajstić information content (AvgIpc) is 3.34. The molecule has 0 saturated heterocycles. The van der Waals surface area contributed by atoms with Crippen LogP contribution in [0.25, 0.3) is 11.1 Å². The van der Waals surface area contributed by atoms with Gasteiger partial charge in [0.15, 0.2) is 5.13 Å². The number of aliphatic hydroxyl groups is 1. The van der Waals surface area contributed by atoms with Crippen molar-refractivity contribution in [3.8, 4) is 29.0 Å². The van der Waals surface area contributed by atoms with E-state index in [1.807, 2.05) is 36.6 Å². The van der Waals surface area contributed by atoms with E-state index in [-0.39, 0.29) is 30.2 Å². The van der Waals surface area contributed by atoms with E-state index < -0.39 is 0 Å². The van der Waals surface area contributed by atoms with E-state index in [0.29, 0.717) is 27.7 Å². The van der Waals surface area contributed by atoms with Gasteiger partial charge in [-0.3, -0.25) is 0 Å². The van der Waals surface area contributed by atoms with Crippen molar-refractivity contribution in [1.29, 1.82) is 10.5 Å². The summed E-state index contributed by atoms with van der Waals surface area (Å²) in [7, 11) is 0. The maximum atomic E-state index is 10.0. The number of hydrogen-bond donors (Lipinski definition) is 3. The van der Waals surface area contributed by atoms with E-state index in [1.165, 1.54) is 23.1 Å². The fraction of sp³-hybridized carbons (Fsp3) is 0.154. The number of para-hydroxylation sites is 1. The Morgan fingerprint density at radius 2 is 1.83 bits per heavy atom. The quantitative estimate of drug-likeness (QED) is 0.255. The third kappa shape index (κ3) is 5.58. The lowest BCUT2D eigenvalue weighted by molar-refractivity contribution is 0.201. The summed E-state index contributed by atoms with van der Waals surface area (Å²) in [6.45, 7) is 2.11. The highest BCUT2D eigenvalue weighted by atomic mass is 32.2. The molecular formula is C26H22N6O2S2. The molecule has 0 saturated carbocycles. The van der Waals surface area contributed by atoms with Crippen LogP contribution in [0.4, 0.5) is 16.6 Å². The summed E-state index contributed by atoms with van der Waals surface area (Å²) in [4.78, 5) is 9.01. The number of pyridine rings is 1. The van der Waals surface area contributed by atoms with Crippen molar-refractivity contribution in [1.82, 2.24) is 9.97 Å². The van der Waals surface area contributed by atoms with Crippen LogP contribution in [0.3, 0.4) is 0 Å². The second-order valence-corrected chi connectivity index (χ2v) is 9.44. The highest BCUT2D eigenvalue weighted by molar-refractivity contribution is 7.98. The maximum absolute atomic E-state index is 10.0. The third-order valence-corrected chi connectivity index (χ3v) is 7.03. The molecule has 180 valence electrons. The molecule has 0 aliphatic heterocycles. The summed E-state index contributed by atoms with van der Waals surface area (Å²) in [5.74, 6) is 1.11. The molecule has 0 unspecified atom stereocenters. The van der Waals surface area contributed by atoms with E-state index in [2.05, 4.69) is 27.4 Å². The Morgan fingerprint density at radius 1 is 1.08 bits per heavy atom. The normalized spacial score (nSPS) is 10.4. The molecule has 0 spiro atoms. The van der Waals surface area contributed by atoms with Gasteiger partial charge in [-0.25, -0.2) is 9.97 Å². The van der Waals surface area contributed by atoms with Gasteiger partial charge in [-0.05, 0) is 36.2 Å². The molecule has 2 aromatic heterocycles. The number of ether oxygens (including phenoxy) is 1. The molecule has 10 heteroatoms. The number of hydrogen-bond acceptors (Lipinski definition) is 10. The average molecular weight is 515 g/mol. The molecular weight excluding hydrogens is 492 g/mol. The monoisotopic (exact) mass is 514 g/mol. The minimum absolute atomic E-state index is 0.0646.